The molecule has 0 amide bonds. The van der Waals surface area contributed by atoms with Gasteiger partial charge in [-0.2, -0.15) is 0 Å². The molecule has 7 heterocycles. The molecule has 248 valence electrons. The second-order valence-corrected chi connectivity index (χ2v) is 16.9. The summed E-state index contributed by atoms with van der Waals surface area (Å²) in [5.74, 6) is 1.47. The highest BCUT2D eigenvalue weighted by atomic mass is 32.2. The van der Waals surface area contributed by atoms with Crippen molar-refractivity contribution in [2.75, 3.05) is 24.3 Å². The van der Waals surface area contributed by atoms with E-state index in [1.165, 1.54) is 5.56 Å². The van der Waals surface area contributed by atoms with Gasteiger partial charge in [0.05, 0.1) is 27.1 Å². The number of anilines is 1. The van der Waals surface area contributed by atoms with Crippen molar-refractivity contribution < 1.29 is 13.2 Å². The minimum atomic E-state index is -3.60. The first-order valence-electron chi connectivity index (χ1n) is 17.2. The van der Waals surface area contributed by atoms with Crippen LogP contribution in [0.25, 0.3) is 31.7 Å². The van der Waals surface area contributed by atoms with E-state index in [-0.39, 0.29) is 23.6 Å². The molecule has 0 saturated carbocycles. The van der Waals surface area contributed by atoms with E-state index in [0.717, 1.165) is 112 Å². The molecule has 2 atom stereocenters. The molecule has 5 aromatic heterocycles. The van der Waals surface area contributed by atoms with Gasteiger partial charge in [0.15, 0.2) is 9.84 Å². The van der Waals surface area contributed by atoms with Crippen molar-refractivity contribution in [3.8, 4) is 21.6 Å². The first-order chi connectivity index (χ1) is 23.3. The summed E-state index contributed by atoms with van der Waals surface area (Å²) < 4.78 is 35.2. The molecule has 1 saturated heterocycles. The Labute approximate surface area is 286 Å². The van der Waals surface area contributed by atoms with Crippen LogP contribution in [0.2, 0.25) is 0 Å². The summed E-state index contributed by atoms with van der Waals surface area (Å²) in [6, 6.07) is 12.5. The smallest absolute Gasteiger partial charge is 0.181 e. The number of aromatic nitrogens is 4. The van der Waals surface area contributed by atoms with E-state index in [1.54, 1.807) is 11.3 Å². The molecule has 1 aliphatic carbocycles. The normalized spacial score (nSPS) is 20.3. The van der Waals surface area contributed by atoms with Gasteiger partial charge in [-0.1, -0.05) is 19.9 Å². The number of hydrogen-bond acceptors (Lipinski definition) is 9. The molecular weight excluding hydrogens is 639 g/mol. The standard InChI is InChI=1S/C38H41N5O3S2/c1-22(2)28-21-48(44,45)37-34(32-20-26-11-16-41-38(36(26)47-32)43-30-9-8-29-27(30)5-4-14-40-29)33(25-10-15-39-23(3)19-25)31(42-35(28)37)7-6-24-12-17-46-18-13-24/h4-5,10-11,14-16,19-20,22,24,28,30H,6-9,12-13,17-18,21H2,1-3H3,(H,41,43). The molecule has 0 aromatic carbocycles. The number of nitrogens with one attached hydrogen (secondary N) is 1. The highest BCUT2D eigenvalue weighted by Gasteiger charge is 2.42. The third kappa shape index (κ3) is 5.71. The molecule has 10 heteroatoms. The summed E-state index contributed by atoms with van der Waals surface area (Å²) in [5.41, 5.74) is 7.63. The fourth-order valence-electron chi connectivity index (χ4n) is 7.83. The topological polar surface area (TPSA) is 107 Å². The molecule has 2 aliphatic heterocycles. The minimum Gasteiger partial charge on any atom is -0.381 e. The van der Waals surface area contributed by atoms with Crippen LogP contribution in [-0.2, 0) is 27.4 Å². The quantitative estimate of drug-likeness (QED) is 0.175. The lowest BCUT2D eigenvalue weighted by Crippen LogP contribution is -2.17. The van der Waals surface area contributed by atoms with E-state index < -0.39 is 9.84 Å². The number of aryl methyl sites for hydroxylation is 3. The number of ether oxygens (including phenoxy) is 1. The first-order valence-corrected chi connectivity index (χ1v) is 19.6. The first kappa shape index (κ1) is 31.5. The number of sulfone groups is 1. The molecule has 48 heavy (non-hydrogen) atoms. The van der Waals surface area contributed by atoms with Crippen LogP contribution in [0.4, 0.5) is 5.82 Å². The Morgan fingerprint density at radius 3 is 2.65 bits per heavy atom. The van der Waals surface area contributed by atoms with Gasteiger partial charge in [-0.05, 0) is 104 Å². The van der Waals surface area contributed by atoms with Crippen molar-refractivity contribution in [2.24, 2.45) is 11.8 Å². The highest BCUT2D eigenvalue weighted by molar-refractivity contribution is 7.92. The highest BCUT2D eigenvalue weighted by Crippen LogP contribution is 2.51. The van der Waals surface area contributed by atoms with E-state index in [4.69, 9.17) is 14.7 Å². The molecule has 0 bridgehead atoms. The van der Waals surface area contributed by atoms with Crippen LogP contribution < -0.4 is 5.32 Å². The maximum Gasteiger partial charge on any atom is 0.181 e. The molecule has 8 rings (SSSR count). The number of hydrogen-bond donors (Lipinski definition) is 1. The third-order valence-electron chi connectivity index (χ3n) is 10.4. The van der Waals surface area contributed by atoms with Crippen LogP contribution in [0.15, 0.2) is 59.9 Å². The number of fused-ring (bicyclic) bond motifs is 3. The predicted molar refractivity (Wildman–Crippen MR) is 191 cm³/mol. The van der Waals surface area contributed by atoms with Crippen molar-refractivity contribution in [1.82, 2.24) is 19.9 Å². The van der Waals surface area contributed by atoms with Gasteiger partial charge in [0.2, 0.25) is 0 Å². The van der Waals surface area contributed by atoms with Gasteiger partial charge in [0.1, 0.15) is 5.82 Å². The molecule has 0 radical (unpaired) electrons. The van der Waals surface area contributed by atoms with Crippen LogP contribution in [0.3, 0.4) is 0 Å². The largest absolute Gasteiger partial charge is 0.381 e. The van der Waals surface area contributed by atoms with E-state index in [0.29, 0.717) is 10.8 Å². The Balaban J connectivity index is 1.33. The third-order valence-corrected chi connectivity index (χ3v) is 13.4. The average molecular weight is 680 g/mol. The molecule has 1 fully saturated rings. The Morgan fingerprint density at radius 1 is 1.00 bits per heavy atom. The fourth-order valence-corrected chi connectivity index (χ4v) is 11.3. The maximum atomic E-state index is 14.3. The molecule has 2 unspecified atom stereocenters. The van der Waals surface area contributed by atoms with Crippen LogP contribution in [0.5, 0.6) is 0 Å². The molecular formula is C38H41N5O3S2. The number of pyridine rings is 4. The van der Waals surface area contributed by atoms with Gasteiger partial charge < -0.3 is 10.1 Å². The lowest BCUT2D eigenvalue weighted by Gasteiger charge is -2.24. The second-order valence-electron chi connectivity index (χ2n) is 13.9. The van der Waals surface area contributed by atoms with Crippen molar-refractivity contribution in [3.05, 3.63) is 83.3 Å². The summed E-state index contributed by atoms with van der Waals surface area (Å²) in [6.07, 6.45) is 11.3. The van der Waals surface area contributed by atoms with Gasteiger partial charge in [-0.15, -0.1) is 11.3 Å². The zero-order valence-corrected chi connectivity index (χ0v) is 29.3. The van der Waals surface area contributed by atoms with Gasteiger partial charge in [-0.3, -0.25) is 15.0 Å². The Kier molecular flexibility index (Phi) is 8.29. The average Bonchev–Trinajstić information content (AvgIpc) is 3.78. The monoisotopic (exact) mass is 679 g/mol. The van der Waals surface area contributed by atoms with Crippen molar-refractivity contribution in [2.45, 2.75) is 76.2 Å². The number of nitrogens with zero attached hydrogens (tertiary/aromatic N) is 4. The summed E-state index contributed by atoms with van der Waals surface area (Å²) in [4.78, 5) is 20.6. The van der Waals surface area contributed by atoms with Gasteiger partial charge in [-0.25, -0.2) is 13.4 Å². The SMILES string of the molecule is Cc1cc(-c2c(CCC3CCOCC3)nc3c(c2-c2cc4ccnc(NC5CCc6ncccc65)c4s2)S(=O)(=O)CC3C(C)C)ccn1. The second kappa shape index (κ2) is 12.6. The van der Waals surface area contributed by atoms with Crippen LogP contribution in [0, 0.1) is 18.8 Å². The number of thiophene rings is 1. The molecule has 8 nitrogen and oxygen atoms in total. The van der Waals surface area contributed by atoms with Gasteiger partial charge >= 0.3 is 0 Å². The molecule has 5 aromatic rings. The summed E-state index contributed by atoms with van der Waals surface area (Å²) in [5, 5.41) is 4.77. The summed E-state index contributed by atoms with van der Waals surface area (Å²) in [7, 11) is -3.60. The maximum absolute atomic E-state index is 14.3. The lowest BCUT2D eigenvalue weighted by molar-refractivity contribution is 0.0639. The van der Waals surface area contributed by atoms with Crippen molar-refractivity contribution >= 4 is 37.1 Å². The molecule has 1 N–H and O–H groups in total. The Morgan fingerprint density at radius 2 is 1.83 bits per heavy atom. The van der Waals surface area contributed by atoms with Crippen LogP contribution in [0.1, 0.15) is 79.8 Å². The molecule has 3 aliphatic rings. The van der Waals surface area contributed by atoms with E-state index >= 15 is 0 Å². The zero-order chi connectivity index (χ0) is 33.0. The van der Waals surface area contributed by atoms with Gasteiger partial charge in [0, 0.05) is 70.8 Å². The van der Waals surface area contributed by atoms with Gasteiger partial charge in [0.25, 0.3) is 0 Å². The lowest BCUT2D eigenvalue weighted by atomic mass is 9.87. The Bertz CT molecular complexity index is 2120. The fraction of sp³-hybridized carbons (Fsp3) is 0.421. The minimum absolute atomic E-state index is 0.0899. The van der Waals surface area contributed by atoms with Crippen molar-refractivity contribution in [3.63, 3.8) is 0 Å². The summed E-state index contributed by atoms with van der Waals surface area (Å²) in [6.45, 7) is 7.80. The predicted octanol–water partition coefficient (Wildman–Crippen LogP) is 8.11. The van der Waals surface area contributed by atoms with Crippen LogP contribution in [-0.4, -0.2) is 47.3 Å². The number of rotatable bonds is 8. The van der Waals surface area contributed by atoms with E-state index in [1.807, 2.05) is 43.7 Å². The van der Waals surface area contributed by atoms with E-state index in [9.17, 15) is 8.42 Å². The van der Waals surface area contributed by atoms with Crippen molar-refractivity contribution in [1.29, 1.82) is 0 Å². The molecule has 0 spiro atoms. The van der Waals surface area contributed by atoms with Crippen LogP contribution >= 0.6 is 11.3 Å². The summed E-state index contributed by atoms with van der Waals surface area (Å²) >= 11 is 1.62. The van der Waals surface area contributed by atoms with E-state index in [2.05, 4.69) is 47.3 Å². The zero-order valence-electron chi connectivity index (χ0n) is 27.7. The Hall–Kier alpha value is -3.73.